The maximum Gasteiger partial charge on any atom is 0.339 e. The van der Waals surface area contributed by atoms with Crippen LogP contribution in [0.25, 0.3) is 11.6 Å². The molecule has 31 heavy (non-hydrogen) atoms. The van der Waals surface area contributed by atoms with Crippen molar-refractivity contribution in [2.75, 3.05) is 21.2 Å². The van der Waals surface area contributed by atoms with E-state index in [1.54, 1.807) is 39.4 Å². The van der Waals surface area contributed by atoms with Gasteiger partial charge in [-0.3, -0.25) is 4.79 Å². The number of benzene rings is 3. The molecule has 0 N–H and O–H groups in total. The van der Waals surface area contributed by atoms with E-state index in [1.807, 2.05) is 72.8 Å². The quantitative estimate of drug-likeness (QED) is 0.321. The molecule has 0 saturated heterocycles. The number of ether oxygens (including phenoxy) is 2. The van der Waals surface area contributed by atoms with Crippen LogP contribution in [0, 0.1) is 0 Å². The Kier molecular flexibility index (Phi) is 7.22. The highest BCUT2D eigenvalue weighted by molar-refractivity contribution is 6.22. The summed E-state index contributed by atoms with van der Waals surface area (Å²) < 4.78 is 11.2. The first-order valence-corrected chi connectivity index (χ1v) is 9.88. The van der Waals surface area contributed by atoms with Crippen LogP contribution in [-0.4, -0.2) is 38.0 Å². The Morgan fingerprint density at radius 2 is 1.42 bits per heavy atom. The SMILES string of the molecule is COc1ccccc1/C=C(/C(=O)O[C@H](C(=O)N(C)C)c1ccccc1)c1ccccc1. The van der Waals surface area contributed by atoms with Gasteiger partial charge in [0.05, 0.1) is 12.7 Å². The lowest BCUT2D eigenvalue weighted by Gasteiger charge is -2.22. The molecule has 1 atom stereocenters. The fourth-order valence-electron chi connectivity index (χ4n) is 3.11. The number of nitrogens with zero attached hydrogens (tertiary/aromatic N) is 1. The van der Waals surface area contributed by atoms with Crippen LogP contribution in [0.2, 0.25) is 0 Å². The van der Waals surface area contributed by atoms with Gasteiger partial charge in [-0.15, -0.1) is 0 Å². The number of likely N-dealkylation sites (N-methyl/N-ethyl adjacent to an activating group) is 1. The summed E-state index contributed by atoms with van der Waals surface area (Å²) in [7, 11) is 4.85. The largest absolute Gasteiger partial charge is 0.496 e. The average Bonchev–Trinajstić information content (AvgIpc) is 2.81. The molecule has 0 aliphatic carbocycles. The molecule has 0 aliphatic heterocycles. The predicted molar refractivity (Wildman–Crippen MR) is 121 cm³/mol. The molecule has 0 radical (unpaired) electrons. The number of methoxy groups -OCH3 is 1. The Bertz CT molecular complexity index is 1060. The fraction of sp³-hybridized carbons (Fsp3) is 0.154. The van der Waals surface area contributed by atoms with Crippen molar-refractivity contribution in [3.63, 3.8) is 0 Å². The van der Waals surface area contributed by atoms with Gasteiger partial charge in [-0.05, 0) is 17.7 Å². The van der Waals surface area contributed by atoms with Gasteiger partial charge in [0.15, 0.2) is 0 Å². The van der Waals surface area contributed by atoms with E-state index < -0.39 is 12.1 Å². The summed E-state index contributed by atoms with van der Waals surface area (Å²) >= 11 is 0. The van der Waals surface area contributed by atoms with Crippen LogP contribution in [-0.2, 0) is 14.3 Å². The number of carbonyl (C=O) groups is 2. The molecule has 0 saturated carbocycles. The van der Waals surface area contributed by atoms with E-state index >= 15 is 0 Å². The maximum absolute atomic E-state index is 13.4. The molecule has 0 aliphatic rings. The summed E-state index contributed by atoms with van der Waals surface area (Å²) in [5, 5.41) is 0. The molecule has 1 amide bonds. The second kappa shape index (κ2) is 10.3. The molecule has 0 unspecified atom stereocenters. The van der Waals surface area contributed by atoms with Crippen molar-refractivity contribution in [2.24, 2.45) is 0 Å². The summed E-state index contributed by atoms with van der Waals surface area (Å²) in [6.45, 7) is 0. The van der Waals surface area contributed by atoms with Gasteiger partial charge in [0.2, 0.25) is 6.10 Å². The number of rotatable bonds is 7. The van der Waals surface area contributed by atoms with Crippen molar-refractivity contribution in [2.45, 2.75) is 6.10 Å². The van der Waals surface area contributed by atoms with Gasteiger partial charge in [0.25, 0.3) is 5.91 Å². The number of carbonyl (C=O) groups excluding carboxylic acids is 2. The van der Waals surface area contributed by atoms with Crippen molar-refractivity contribution >= 4 is 23.5 Å². The highest BCUT2D eigenvalue weighted by atomic mass is 16.5. The van der Waals surface area contributed by atoms with Crippen molar-refractivity contribution in [1.29, 1.82) is 0 Å². The molecule has 0 spiro atoms. The number of esters is 1. The van der Waals surface area contributed by atoms with Crippen molar-refractivity contribution in [1.82, 2.24) is 4.90 Å². The highest BCUT2D eigenvalue weighted by Crippen LogP contribution is 2.28. The minimum atomic E-state index is -1.05. The molecule has 5 nitrogen and oxygen atoms in total. The zero-order valence-corrected chi connectivity index (χ0v) is 17.8. The maximum atomic E-state index is 13.4. The Hall–Kier alpha value is -3.86. The number of amides is 1. The molecule has 0 aromatic heterocycles. The van der Waals surface area contributed by atoms with Gasteiger partial charge in [-0.25, -0.2) is 4.79 Å². The number of para-hydroxylation sites is 1. The third kappa shape index (κ3) is 5.39. The molecule has 3 aromatic carbocycles. The van der Waals surface area contributed by atoms with Crippen LogP contribution in [0.4, 0.5) is 0 Å². The van der Waals surface area contributed by atoms with Crippen LogP contribution >= 0.6 is 0 Å². The molecule has 0 heterocycles. The first-order chi connectivity index (χ1) is 15.0. The molecule has 3 aromatic rings. The molecular weight excluding hydrogens is 390 g/mol. The summed E-state index contributed by atoms with van der Waals surface area (Å²) in [5.74, 6) is -0.280. The molecule has 0 bridgehead atoms. The molecular formula is C26H25NO4. The van der Waals surface area contributed by atoms with Crippen molar-refractivity contribution in [3.8, 4) is 5.75 Å². The Morgan fingerprint density at radius 1 is 0.839 bits per heavy atom. The van der Waals surface area contributed by atoms with Crippen LogP contribution in [0.5, 0.6) is 5.75 Å². The van der Waals surface area contributed by atoms with Gasteiger partial charge in [0, 0.05) is 25.2 Å². The van der Waals surface area contributed by atoms with E-state index in [9.17, 15) is 9.59 Å². The third-order valence-corrected chi connectivity index (χ3v) is 4.74. The monoisotopic (exact) mass is 415 g/mol. The van der Waals surface area contributed by atoms with Gasteiger partial charge >= 0.3 is 5.97 Å². The Morgan fingerprint density at radius 3 is 2.03 bits per heavy atom. The lowest BCUT2D eigenvalue weighted by atomic mass is 10.0. The summed E-state index contributed by atoms with van der Waals surface area (Å²) in [6, 6.07) is 25.6. The normalized spacial score (nSPS) is 12.0. The highest BCUT2D eigenvalue weighted by Gasteiger charge is 2.28. The van der Waals surface area contributed by atoms with Gasteiger partial charge in [-0.1, -0.05) is 78.9 Å². The predicted octanol–water partition coefficient (Wildman–Crippen LogP) is 4.61. The molecule has 5 heteroatoms. The second-order valence-corrected chi connectivity index (χ2v) is 7.09. The first kappa shape index (κ1) is 21.8. The molecule has 158 valence electrons. The standard InChI is InChI=1S/C26H25NO4/c1-27(2)25(28)24(20-14-8-5-9-15-20)31-26(29)22(19-12-6-4-7-13-19)18-21-16-10-11-17-23(21)30-3/h4-18,24H,1-3H3/b22-18+/t24-/m0/s1. The van der Waals surface area contributed by atoms with E-state index in [1.165, 1.54) is 4.90 Å². The average molecular weight is 415 g/mol. The zero-order valence-electron chi connectivity index (χ0n) is 17.8. The van der Waals surface area contributed by atoms with Gasteiger partial charge in [-0.2, -0.15) is 0 Å². The lowest BCUT2D eigenvalue weighted by molar-refractivity contribution is -0.155. The third-order valence-electron chi connectivity index (χ3n) is 4.74. The topological polar surface area (TPSA) is 55.8 Å². The van der Waals surface area contributed by atoms with Gasteiger partial charge in [0.1, 0.15) is 5.75 Å². The summed E-state index contributed by atoms with van der Waals surface area (Å²) in [6.07, 6.45) is 0.673. The van der Waals surface area contributed by atoms with Crippen LogP contribution in [0.3, 0.4) is 0 Å². The molecule has 3 rings (SSSR count). The molecule has 0 fully saturated rings. The zero-order chi connectivity index (χ0) is 22.2. The minimum Gasteiger partial charge on any atom is -0.496 e. The number of hydrogen-bond acceptors (Lipinski definition) is 4. The second-order valence-electron chi connectivity index (χ2n) is 7.09. The minimum absolute atomic E-state index is 0.316. The van der Waals surface area contributed by atoms with Crippen LogP contribution < -0.4 is 4.74 Å². The van der Waals surface area contributed by atoms with E-state index in [4.69, 9.17) is 9.47 Å². The fourth-order valence-corrected chi connectivity index (χ4v) is 3.11. The van der Waals surface area contributed by atoms with E-state index in [-0.39, 0.29) is 5.91 Å². The van der Waals surface area contributed by atoms with Gasteiger partial charge < -0.3 is 14.4 Å². The summed E-state index contributed by atoms with van der Waals surface area (Å²) in [4.78, 5) is 27.6. The Balaban J connectivity index is 2.03. The van der Waals surface area contributed by atoms with E-state index in [0.29, 0.717) is 22.4 Å². The van der Waals surface area contributed by atoms with E-state index in [2.05, 4.69) is 0 Å². The van der Waals surface area contributed by atoms with Crippen LogP contribution in [0.15, 0.2) is 84.9 Å². The Labute approximate surface area is 182 Å². The van der Waals surface area contributed by atoms with Crippen molar-refractivity contribution < 1.29 is 19.1 Å². The first-order valence-electron chi connectivity index (χ1n) is 9.88. The van der Waals surface area contributed by atoms with E-state index in [0.717, 1.165) is 5.56 Å². The van der Waals surface area contributed by atoms with Crippen molar-refractivity contribution in [3.05, 3.63) is 102 Å². The van der Waals surface area contributed by atoms with Crippen LogP contribution in [0.1, 0.15) is 22.8 Å². The lowest BCUT2D eigenvalue weighted by Crippen LogP contribution is -2.31. The smallest absolute Gasteiger partial charge is 0.339 e. The summed E-state index contributed by atoms with van der Waals surface area (Å²) in [5.41, 5.74) is 2.36. The number of hydrogen-bond donors (Lipinski definition) is 0.